The third-order valence-corrected chi connectivity index (χ3v) is 2.17. The Morgan fingerprint density at radius 2 is 1.94 bits per heavy atom. The second-order valence-corrected chi connectivity index (χ2v) is 3.81. The predicted molar refractivity (Wildman–Crippen MR) is 59.1 cm³/mol. The minimum absolute atomic E-state index is 0.00217. The first kappa shape index (κ1) is 13.1. The Bertz CT molecular complexity index is 413. The summed E-state index contributed by atoms with van der Waals surface area (Å²) in [5.74, 6) is -0.102. The zero-order chi connectivity index (χ0) is 13.0. The molecule has 94 valence electrons. The van der Waals surface area contributed by atoms with Crippen molar-refractivity contribution in [3.05, 3.63) is 11.7 Å². The highest BCUT2D eigenvalue weighted by atomic mass is 16.5. The van der Waals surface area contributed by atoms with Crippen LogP contribution in [0.1, 0.15) is 29.9 Å². The highest BCUT2D eigenvalue weighted by molar-refractivity contribution is 5.89. The fraction of sp³-hybridized carbons (Fsp3) is 0.600. The highest BCUT2D eigenvalue weighted by Gasteiger charge is 2.18. The van der Waals surface area contributed by atoms with Gasteiger partial charge in [0.2, 0.25) is 11.8 Å². The van der Waals surface area contributed by atoms with Crippen molar-refractivity contribution in [3.8, 4) is 0 Å². The number of carbonyl (C=O) groups is 2. The molecule has 0 saturated heterocycles. The summed E-state index contributed by atoms with van der Waals surface area (Å²) in [6.07, 6.45) is 0.411. The summed E-state index contributed by atoms with van der Waals surface area (Å²) >= 11 is 0. The largest absolute Gasteiger partial charge is 0.342 e. The van der Waals surface area contributed by atoms with E-state index in [0.717, 1.165) is 0 Å². The summed E-state index contributed by atoms with van der Waals surface area (Å²) in [6, 6.07) is 0. The van der Waals surface area contributed by atoms with Gasteiger partial charge in [0.05, 0.1) is 6.54 Å². The molecule has 0 unspecified atom stereocenters. The van der Waals surface area contributed by atoms with Gasteiger partial charge in [0.15, 0.2) is 0 Å². The molecule has 2 amide bonds. The zero-order valence-electron chi connectivity index (χ0n) is 10.4. The van der Waals surface area contributed by atoms with Crippen LogP contribution in [-0.4, -0.2) is 52.9 Å². The van der Waals surface area contributed by atoms with Crippen LogP contribution < -0.4 is 0 Å². The number of carbonyl (C=O) groups excluding carboxylic acids is 2. The number of hydrogen-bond donors (Lipinski definition) is 0. The molecule has 1 aromatic heterocycles. The summed E-state index contributed by atoms with van der Waals surface area (Å²) in [5, 5.41) is 3.56. The van der Waals surface area contributed by atoms with Gasteiger partial charge >= 0.3 is 0 Å². The van der Waals surface area contributed by atoms with Gasteiger partial charge < -0.3 is 14.3 Å². The molecule has 0 aliphatic heterocycles. The van der Waals surface area contributed by atoms with Crippen molar-refractivity contribution in [2.45, 2.75) is 19.9 Å². The molecule has 1 aromatic rings. The minimum atomic E-state index is -0.329. The number of aromatic nitrogens is 2. The first-order valence-electron chi connectivity index (χ1n) is 5.24. The van der Waals surface area contributed by atoms with Gasteiger partial charge in [-0.1, -0.05) is 12.1 Å². The quantitative estimate of drug-likeness (QED) is 0.748. The van der Waals surface area contributed by atoms with E-state index in [1.165, 1.54) is 9.80 Å². The van der Waals surface area contributed by atoms with Crippen molar-refractivity contribution in [1.82, 2.24) is 19.9 Å². The number of hydrogen-bond acceptors (Lipinski definition) is 5. The van der Waals surface area contributed by atoms with E-state index in [2.05, 4.69) is 10.1 Å². The third-order valence-electron chi connectivity index (χ3n) is 2.17. The minimum Gasteiger partial charge on any atom is -0.342 e. The standard InChI is InChI=1S/C10H16N4O3/c1-5-8(15)14(4)6-7-11-9(12-17-7)10(16)13(2)3/h5-6H2,1-4H3. The topological polar surface area (TPSA) is 79.5 Å². The molecule has 0 bridgehead atoms. The number of rotatable bonds is 4. The average Bonchev–Trinajstić information content (AvgIpc) is 2.74. The molecule has 0 N–H and O–H groups in total. The molecule has 1 heterocycles. The lowest BCUT2D eigenvalue weighted by Crippen LogP contribution is -2.25. The Morgan fingerprint density at radius 1 is 1.29 bits per heavy atom. The monoisotopic (exact) mass is 240 g/mol. The Labute approximate surface area is 99.4 Å². The maximum Gasteiger partial charge on any atom is 0.294 e. The Kier molecular flexibility index (Phi) is 4.19. The van der Waals surface area contributed by atoms with Crippen molar-refractivity contribution in [3.63, 3.8) is 0 Å². The number of amides is 2. The van der Waals surface area contributed by atoms with Crippen LogP contribution in [0, 0.1) is 0 Å². The van der Waals surface area contributed by atoms with Gasteiger partial charge in [-0.05, 0) is 0 Å². The molecule has 0 atom stereocenters. The lowest BCUT2D eigenvalue weighted by atomic mass is 10.4. The zero-order valence-corrected chi connectivity index (χ0v) is 10.4. The van der Waals surface area contributed by atoms with Crippen LogP contribution in [0.4, 0.5) is 0 Å². The fourth-order valence-electron chi connectivity index (χ4n) is 1.17. The summed E-state index contributed by atoms with van der Waals surface area (Å²) in [7, 11) is 4.85. The lowest BCUT2D eigenvalue weighted by molar-refractivity contribution is -0.130. The summed E-state index contributed by atoms with van der Waals surface area (Å²) in [4.78, 5) is 29.6. The molecule has 0 aromatic carbocycles. The number of nitrogens with zero attached hydrogens (tertiary/aromatic N) is 4. The molecular formula is C10H16N4O3. The van der Waals surface area contributed by atoms with Gasteiger partial charge in [-0.3, -0.25) is 9.59 Å². The molecule has 0 fully saturated rings. The van der Waals surface area contributed by atoms with E-state index in [9.17, 15) is 9.59 Å². The first-order valence-corrected chi connectivity index (χ1v) is 5.24. The van der Waals surface area contributed by atoms with Gasteiger partial charge in [-0.15, -0.1) is 0 Å². The lowest BCUT2D eigenvalue weighted by Gasteiger charge is -2.12. The van der Waals surface area contributed by atoms with Crippen LogP contribution in [-0.2, 0) is 11.3 Å². The molecule has 7 nitrogen and oxygen atoms in total. The fourth-order valence-corrected chi connectivity index (χ4v) is 1.17. The Morgan fingerprint density at radius 3 is 2.47 bits per heavy atom. The van der Waals surface area contributed by atoms with Crippen LogP contribution in [0.15, 0.2) is 4.52 Å². The van der Waals surface area contributed by atoms with Crippen LogP contribution in [0.5, 0.6) is 0 Å². The molecule has 7 heteroatoms. The van der Waals surface area contributed by atoms with Crippen molar-refractivity contribution in [1.29, 1.82) is 0 Å². The van der Waals surface area contributed by atoms with Crippen molar-refractivity contribution < 1.29 is 14.1 Å². The normalized spacial score (nSPS) is 10.1. The summed E-state index contributed by atoms with van der Waals surface area (Å²) in [5.41, 5.74) is 0. The molecule has 1 rings (SSSR count). The highest BCUT2D eigenvalue weighted by Crippen LogP contribution is 2.03. The van der Waals surface area contributed by atoms with Gasteiger partial charge in [-0.2, -0.15) is 4.98 Å². The van der Waals surface area contributed by atoms with E-state index in [0.29, 0.717) is 6.42 Å². The average molecular weight is 240 g/mol. The maximum absolute atomic E-state index is 11.5. The van der Waals surface area contributed by atoms with Gasteiger partial charge in [0, 0.05) is 27.6 Å². The van der Waals surface area contributed by atoms with E-state index in [1.807, 2.05) is 0 Å². The van der Waals surface area contributed by atoms with Crippen LogP contribution in [0.25, 0.3) is 0 Å². The van der Waals surface area contributed by atoms with Crippen molar-refractivity contribution in [2.75, 3.05) is 21.1 Å². The second kappa shape index (κ2) is 5.42. The molecule has 0 radical (unpaired) electrons. The molecule has 0 aliphatic rings. The summed E-state index contributed by atoms with van der Waals surface area (Å²) < 4.78 is 4.90. The first-order chi connectivity index (χ1) is 7.95. The van der Waals surface area contributed by atoms with Crippen molar-refractivity contribution in [2.24, 2.45) is 0 Å². The van der Waals surface area contributed by atoms with E-state index >= 15 is 0 Å². The van der Waals surface area contributed by atoms with Crippen LogP contribution in [0.3, 0.4) is 0 Å². The van der Waals surface area contributed by atoms with E-state index in [4.69, 9.17) is 4.52 Å². The van der Waals surface area contributed by atoms with Crippen molar-refractivity contribution >= 4 is 11.8 Å². The van der Waals surface area contributed by atoms with E-state index < -0.39 is 0 Å². The second-order valence-electron chi connectivity index (χ2n) is 3.81. The Hall–Kier alpha value is -1.92. The van der Waals surface area contributed by atoms with Crippen LogP contribution >= 0.6 is 0 Å². The van der Waals surface area contributed by atoms with Gasteiger partial charge in [0.25, 0.3) is 11.7 Å². The molecule has 0 spiro atoms. The smallest absolute Gasteiger partial charge is 0.294 e. The van der Waals surface area contributed by atoms with Crippen LogP contribution in [0.2, 0.25) is 0 Å². The Balaban J connectivity index is 2.69. The van der Waals surface area contributed by atoms with E-state index in [1.54, 1.807) is 28.1 Å². The molecule has 0 saturated carbocycles. The molecule has 0 aliphatic carbocycles. The maximum atomic E-state index is 11.5. The summed E-state index contributed by atoms with van der Waals surface area (Å²) in [6.45, 7) is 1.98. The third kappa shape index (κ3) is 3.27. The molecule has 17 heavy (non-hydrogen) atoms. The van der Waals surface area contributed by atoms with Gasteiger partial charge in [-0.25, -0.2) is 0 Å². The van der Waals surface area contributed by atoms with E-state index in [-0.39, 0.29) is 30.1 Å². The van der Waals surface area contributed by atoms with Gasteiger partial charge in [0.1, 0.15) is 0 Å². The predicted octanol–water partition coefficient (Wildman–Crippen LogP) is 0.140. The SMILES string of the molecule is CCC(=O)N(C)Cc1nc(C(=O)N(C)C)no1. The molecular weight excluding hydrogens is 224 g/mol.